The van der Waals surface area contributed by atoms with Crippen LogP contribution in [-0.2, 0) is 0 Å². The van der Waals surface area contributed by atoms with E-state index < -0.39 is 0 Å². The molecule has 13 heavy (non-hydrogen) atoms. The van der Waals surface area contributed by atoms with Crippen molar-refractivity contribution in [1.29, 1.82) is 0 Å². The zero-order valence-corrected chi connectivity index (χ0v) is 8.92. The predicted molar refractivity (Wildman–Crippen MR) is 54.6 cm³/mol. The molecule has 3 aliphatic rings. The summed E-state index contributed by atoms with van der Waals surface area (Å²) in [6.45, 7) is 7.52. The fraction of sp³-hybridized carbons (Fsp3) is 1.00. The van der Waals surface area contributed by atoms with Gasteiger partial charge in [-0.2, -0.15) is 0 Å². The fourth-order valence-corrected chi connectivity index (χ4v) is 3.88. The standard InChI is InChI=1S/C12H21N/c1-9(2)13-7-10-3-4-11(8-13)12(10)5-6-12/h9-11H,3-8H2,1-2H3. The van der Waals surface area contributed by atoms with Crippen molar-refractivity contribution in [3.8, 4) is 0 Å². The highest BCUT2D eigenvalue weighted by molar-refractivity contribution is 5.11. The van der Waals surface area contributed by atoms with Crippen LogP contribution in [-0.4, -0.2) is 24.0 Å². The summed E-state index contributed by atoms with van der Waals surface area (Å²) < 4.78 is 0. The van der Waals surface area contributed by atoms with Crippen LogP contribution in [0.4, 0.5) is 0 Å². The first-order chi connectivity index (χ1) is 6.22. The first-order valence-electron chi connectivity index (χ1n) is 5.96. The number of hydrogen-bond donors (Lipinski definition) is 0. The van der Waals surface area contributed by atoms with Gasteiger partial charge in [0, 0.05) is 19.1 Å². The summed E-state index contributed by atoms with van der Waals surface area (Å²) in [7, 11) is 0. The molecular weight excluding hydrogens is 158 g/mol. The molecule has 74 valence electrons. The van der Waals surface area contributed by atoms with Crippen molar-refractivity contribution in [2.75, 3.05) is 13.1 Å². The van der Waals surface area contributed by atoms with Gasteiger partial charge in [-0.25, -0.2) is 0 Å². The van der Waals surface area contributed by atoms with E-state index in [0.717, 1.165) is 23.3 Å². The van der Waals surface area contributed by atoms with E-state index in [0.29, 0.717) is 0 Å². The maximum Gasteiger partial charge on any atom is 0.00388 e. The zero-order chi connectivity index (χ0) is 9.05. The van der Waals surface area contributed by atoms with Crippen molar-refractivity contribution in [3.63, 3.8) is 0 Å². The second-order valence-electron chi connectivity index (χ2n) is 5.75. The highest BCUT2D eigenvalue weighted by atomic mass is 15.2. The smallest absolute Gasteiger partial charge is 0.00388 e. The van der Waals surface area contributed by atoms with Gasteiger partial charge in [0.1, 0.15) is 0 Å². The Morgan fingerprint density at radius 2 is 1.62 bits per heavy atom. The number of hydrogen-bond acceptors (Lipinski definition) is 1. The molecule has 1 saturated heterocycles. The van der Waals surface area contributed by atoms with Crippen molar-refractivity contribution in [3.05, 3.63) is 0 Å². The summed E-state index contributed by atoms with van der Waals surface area (Å²) >= 11 is 0. The topological polar surface area (TPSA) is 3.24 Å². The van der Waals surface area contributed by atoms with Crippen LogP contribution in [0, 0.1) is 17.3 Å². The molecule has 0 N–H and O–H groups in total. The lowest BCUT2D eigenvalue weighted by molar-refractivity contribution is 0.0705. The third kappa shape index (κ3) is 1.03. The third-order valence-electron chi connectivity index (χ3n) is 4.96. The van der Waals surface area contributed by atoms with E-state index >= 15 is 0 Å². The SMILES string of the molecule is CC(C)N1CC2CCC(C1)C21CC1. The largest absolute Gasteiger partial charge is 0.300 e. The summed E-state index contributed by atoms with van der Waals surface area (Å²) in [5.74, 6) is 2.15. The number of likely N-dealkylation sites (tertiary alicyclic amines) is 1. The number of nitrogens with zero attached hydrogens (tertiary/aromatic N) is 1. The minimum Gasteiger partial charge on any atom is -0.300 e. The molecule has 1 heteroatoms. The molecule has 1 spiro atoms. The van der Waals surface area contributed by atoms with Gasteiger partial charge in [-0.3, -0.25) is 0 Å². The Kier molecular flexibility index (Phi) is 1.59. The molecule has 0 radical (unpaired) electrons. The van der Waals surface area contributed by atoms with Crippen LogP contribution in [0.1, 0.15) is 39.5 Å². The zero-order valence-electron chi connectivity index (χ0n) is 8.92. The Bertz CT molecular complexity index is 201. The fourth-order valence-electron chi connectivity index (χ4n) is 3.88. The Labute approximate surface area is 81.5 Å². The lowest BCUT2D eigenvalue weighted by Gasteiger charge is -2.40. The summed E-state index contributed by atoms with van der Waals surface area (Å²) in [5, 5.41) is 0. The maximum atomic E-state index is 2.71. The minimum absolute atomic E-state index is 0.777. The van der Waals surface area contributed by atoms with Crippen LogP contribution in [0.25, 0.3) is 0 Å². The van der Waals surface area contributed by atoms with Gasteiger partial charge in [0.15, 0.2) is 0 Å². The van der Waals surface area contributed by atoms with Crippen LogP contribution >= 0.6 is 0 Å². The summed E-state index contributed by atoms with van der Waals surface area (Å²) in [4.78, 5) is 2.71. The Morgan fingerprint density at radius 1 is 1.08 bits per heavy atom. The Balaban J connectivity index is 1.79. The van der Waals surface area contributed by atoms with Gasteiger partial charge < -0.3 is 4.90 Å². The van der Waals surface area contributed by atoms with E-state index in [9.17, 15) is 0 Å². The van der Waals surface area contributed by atoms with Gasteiger partial charge in [-0.15, -0.1) is 0 Å². The maximum absolute atomic E-state index is 2.71. The van der Waals surface area contributed by atoms with Gasteiger partial charge in [-0.1, -0.05) is 0 Å². The van der Waals surface area contributed by atoms with Gasteiger partial charge >= 0.3 is 0 Å². The van der Waals surface area contributed by atoms with Crippen LogP contribution < -0.4 is 0 Å². The molecule has 0 aromatic heterocycles. The highest BCUT2D eigenvalue weighted by Crippen LogP contribution is 2.66. The second-order valence-corrected chi connectivity index (χ2v) is 5.75. The molecular formula is C12H21N. The van der Waals surface area contributed by atoms with E-state index in [4.69, 9.17) is 0 Å². The van der Waals surface area contributed by atoms with Gasteiger partial charge in [-0.05, 0) is 56.8 Å². The van der Waals surface area contributed by atoms with Crippen LogP contribution in [0.2, 0.25) is 0 Å². The molecule has 1 aliphatic heterocycles. The van der Waals surface area contributed by atoms with E-state index in [1.807, 2.05) is 0 Å². The second kappa shape index (κ2) is 2.50. The van der Waals surface area contributed by atoms with E-state index in [1.165, 1.54) is 25.9 Å². The van der Waals surface area contributed by atoms with Gasteiger partial charge in [0.25, 0.3) is 0 Å². The first-order valence-corrected chi connectivity index (χ1v) is 5.96. The van der Waals surface area contributed by atoms with E-state index in [-0.39, 0.29) is 0 Å². The molecule has 0 amide bonds. The van der Waals surface area contributed by atoms with Crippen molar-refractivity contribution >= 4 is 0 Å². The monoisotopic (exact) mass is 179 g/mol. The van der Waals surface area contributed by atoms with E-state index in [1.54, 1.807) is 12.8 Å². The third-order valence-corrected chi connectivity index (χ3v) is 4.96. The Hall–Kier alpha value is -0.0400. The molecule has 1 nitrogen and oxygen atoms in total. The lowest BCUT2D eigenvalue weighted by Crippen LogP contribution is -2.46. The predicted octanol–water partition coefficient (Wildman–Crippen LogP) is 2.52. The molecule has 0 aromatic carbocycles. The average Bonchev–Trinajstić information content (AvgIpc) is 2.77. The highest BCUT2D eigenvalue weighted by Gasteiger charge is 2.60. The molecule has 2 unspecified atom stereocenters. The minimum atomic E-state index is 0.777. The molecule has 3 rings (SSSR count). The van der Waals surface area contributed by atoms with Crippen molar-refractivity contribution in [1.82, 2.24) is 4.90 Å². The molecule has 2 aliphatic carbocycles. The van der Waals surface area contributed by atoms with Gasteiger partial charge in [0.05, 0.1) is 0 Å². The number of rotatable bonds is 1. The average molecular weight is 179 g/mol. The quantitative estimate of drug-likeness (QED) is 0.598. The van der Waals surface area contributed by atoms with Gasteiger partial charge in [0.2, 0.25) is 0 Å². The summed E-state index contributed by atoms with van der Waals surface area (Å²) in [6, 6.07) is 0.777. The molecule has 0 aromatic rings. The number of piperidine rings is 1. The van der Waals surface area contributed by atoms with Crippen molar-refractivity contribution < 1.29 is 0 Å². The molecule has 3 fully saturated rings. The van der Waals surface area contributed by atoms with Crippen LogP contribution in [0.15, 0.2) is 0 Å². The normalized spacial score (nSPS) is 41.8. The molecule has 2 atom stereocenters. The Morgan fingerprint density at radius 3 is 2.00 bits per heavy atom. The molecule has 2 saturated carbocycles. The lowest BCUT2D eigenvalue weighted by atomic mass is 9.81. The van der Waals surface area contributed by atoms with Crippen molar-refractivity contribution in [2.45, 2.75) is 45.6 Å². The molecule has 2 bridgehead atoms. The van der Waals surface area contributed by atoms with Crippen LogP contribution in [0.5, 0.6) is 0 Å². The first kappa shape index (κ1) is 8.28. The molecule has 1 heterocycles. The van der Waals surface area contributed by atoms with Crippen LogP contribution in [0.3, 0.4) is 0 Å². The summed E-state index contributed by atoms with van der Waals surface area (Å²) in [5.41, 5.74) is 0.880. The van der Waals surface area contributed by atoms with E-state index in [2.05, 4.69) is 18.7 Å². The summed E-state index contributed by atoms with van der Waals surface area (Å²) in [6.07, 6.45) is 6.20. The van der Waals surface area contributed by atoms with Crippen molar-refractivity contribution in [2.24, 2.45) is 17.3 Å².